The molecule has 0 radical (unpaired) electrons. The van der Waals surface area contributed by atoms with Gasteiger partial charge in [0, 0.05) is 39.2 Å². The van der Waals surface area contributed by atoms with E-state index < -0.39 is 0 Å². The first-order valence-corrected chi connectivity index (χ1v) is 10.4. The van der Waals surface area contributed by atoms with Crippen LogP contribution >= 0.6 is 24.0 Å². The van der Waals surface area contributed by atoms with Crippen molar-refractivity contribution in [2.75, 3.05) is 53.1 Å². The van der Waals surface area contributed by atoms with Gasteiger partial charge in [-0.1, -0.05) is 38.5 Å². The molecule has 1 heterocycles. The molecule has 1 N–H and O–H groups in total. The SMILES string of the molecule is CCNC(=NCCCCC1CCCC1)N1CCC(COCCOC)C1.I. The minimum absolute atomic E-state index is 0. The van der Waals surface area contributed by atoms with Crippen LogP contribution in [0.25, 0.3) is 0 Å². The number of rotatable bonds is 11. The van der Waals surface area contributed by atoms with Crippen molar-refractivity contribution < 1.29 is 9.47 Å². The van der Waals surface area contributed by atoms with Crippen molar-refractivity contribution in [2.45, 2.75) is 58.3 Å². The Hall–Kier alpha value is -0.0800. The van der Waals surface area contributed by atoms with E-state index >= 15 is 0 Å². The van der Waals surface area contributed by atoms with Gasteiger partial charge in [0.2, 0.25) is 0 Å². The Bertz CT molecular complexity index is 376. The van der Waals surface area contributed by atoms with Gasteiger partial charge in [0.25, 0.3) is 0 Å². The second-order valence-electron chi connectivity index (χ2n) is 7.55. The number of nitrogens with zero attached hydrogens (tertiary/aromatic N) is 2. The average molecular weight is 481 g/mol. The zero-order valence-corrected chi connectivity index (χ0v) is 19.2. The van der Waals surface area contributed by atoms with Crippen LogP contribution in [-0.2, 0) is 9.47 Å². The monoisotopic (exact) mass is 481 g/mol. The van der Waals surface area contributed by atoms with Gasteiger partial charge in [0.15, 0.2) is 5.96 Å². The van der Waals surface area contributed by atoms with Gasteiger partial charge in [0.05, 0.1) is 19.8 Å². The fourth-order valence-electron chi connectivity index (χ4n) is 4.01. The molecule has 26 heavy (non-hydrogen) atoms. The van der Waals surface area contributed by atoms with Gasteiger partial charge in [0.1, 0.15) is 0 Å². The highest BCUT2D eigenvalue weighted by atomic mass is 127. The van der Waals surface area contributed by atoms with Crippen molar-refractivity contribution in [1.29, 1.82) is 0 Å². The molecule has 6 heteroatoms. The summed E-state index contributed by atoms with van der Waals surface area (Å²) in [4.78, 5) is 7.28. The third kappa shape index (κ3) is 9.22. The number of unbranched alkanes of at least 4 members (excludes halogenated alkanes) is 1. The molecular weight excluding hydrogens is 441 g/mol. The van der Waals surface area contributed by atoms with E-state index in [4.69, 9.17) is 14.5 Å². The molecule has 1 aliphatic carbocycles. The van der Waals surface area contributed by atoms with Crippen molar-refractivity contribution in [3.05, 3.63) is 0 Å². The summed E-state index contributed by atoms with van der Waals surface area (Å²) in [7, 11) is 1.72. The minimum Gasteiger partial charge on any atom is -0.382 e. The maximum atomic E-state index is 5.70. The Morgan fingerprint density at radius 3 is 2.65 bits per heavy atom. The lowest BCUT2D eigenvalue weighted by molar-refractivity contribution is 0.0536. The highest BCUT2D eigenvalue weighted by Crippen LogP contribution is 2.28. The summed E-state index contributed by atoms with van der Waals surface area (Å²) in [5, 5.41) is 3.47. The van der Waals surface area contributed by atoms with Crippen LogP contribution in [0.2, 0.25) is 0 Å². The summed E-state index contributed by atoms with van der Waals surface area (Å²) in [5.74, 6) is 2.72. The van der Waals surface area contributed by atoms with Crippen LogP contribution < -0.4 is 5.32 Å². The van der Waals surface area contributed by atoms with Crippen LogP contribution in [0.1, 0.15) is 58.3 Å². The standard InChI is InChI=1S/C20H39N3O2.HI/c1-3-21-20(22-12-7-6-10-18-8-4-5-9-18)23-13-11-19(16-23)17-25-15-14-24-2;/h18-19H,3-17H2,1-2H3,(H,21,22);1H. The van der Waals surface area contributed by atoms with Crippen molar-refractivity contribution in [3.8, 4) is 0 Å². The number of methoxy groups -OCH3 is 1. The number of nitrogens with one attached hydrogen (secondary N) is 1. The molecule has 0 bridgehead atoms. The molecule has 1 saturated heterocycles. The lowest BCUT2D eigenvalue weighted by atomic mass is 10.0. The van der Waals surface area contributed by atoms with Gasteiger partial charge in [-0.3, -0.25) is 4.99 Å². The molecule has 1 unspecified atom stereocenters. The minimum atomic E-state index is 0. The first-order chi connectivity index (χ1) is 12.3. The van der Waals surface area contributed by atoms with Gasteiger partial charge >= 0.3 is 0 Å². The van der Waals surface area contributed by atoms with Crippen LogP contribution in [0.5, 0.6) is 0 Å². The molecule has 0 aromatic rings. The topological polar surface area (TPSA) is 46.1 Å². The van der Waals surface area contributed by atoms with E-state index in [-0.39, 0.29) is 24.0 Å². The van der Waals surface area contributed by atoms with Crippen molar-refractivity contribution in [2.24, 2.45) is 16.8 Å². The predicted molar refractivity (Wildman–Crippen MR) is 120 cm³/mol. The smallest absolute Gasteiger partial charge is 0.193 e. The van der Waals surface area contributed by atoms with E-state index in [1.54, 1.807) is 7.11 Å². The molecule has 1 aliphatic heterocycles. The van der Waals surface area contributed by atoms with E-state index in [1.807, 2.05) is 0 Å². The molecule has 0 aromatic heterocycles. The van der Waals surface area contributed by atoms with Crippen LogP contribution in [0.15, 0.2) is 4.99 Å². The van der Waals surface area contributed by atoms with Gasteiger partial charge in [-0.25, -0.2) is 0 Å². The lowest BCUT2D eigenvalue weighted by Crippen LogP contribution is -2.40. The molecule has 1 atom stereocenters. The molecular formula is C20H40IN3O2. The maximum Gasteiger partial charge on any atom is 0.193 e. The Morgan fingerprint density at radius 2 is 1.92 bits per heavy atom. The third-order valence-electron chi connectivity index (χ3n) is 5.46. The van der Waals surface area contributed by atoms with Crippen molar-refractivity contribution in [1.82, 2.24) is 10.2 Å². The lowest BCUT2D eigenvalue weighted by Gasteiger charge is -2.21. The molecule has 0 amide bonds. The van der Waals surface area contributed by atoms with Crippen LogP contribution in [0.3, 0.4) is 0 Å². The van der Waals surface area contributed by atoms with Gasteiger partial charge in [-0.05, 0) is 25.7 Å². The number of hydrogen-bond donors (Lipinski definition) is 1. The molecule has 154 valence electrons. The number of likely N-dealkylation sites (tertiary alicyclic amines) is 1. The predicted octanol–water partition coefficient (Wildman–Crippen LogP) is 3.92. The van der Waals surface area contributed by atoms with Gasteiger partial charge < -0.3 is 19.7 Å². The Kier molecular flexibility index (Phi) is 13.7. The first kappa shape index (κ1) is 24.0. The van der Waals surface area contributed by atoms with Crippen LogP contribution in [0, 0.1) is 11.8 Å². The molecule has 2 fully saturated rings. The molecule has 0 spiro atoms. The number of aliphatic imine (C=N–C) groups is 1. The maximum absolute atomic E-state index is 5.70. The van der Waals surface area contributed by atoms with E-state index in [2.05, 4.69) is 17.1 Å². The number of halogens is 1. The number of hydrogen-bond acceptors (Lipinski definition) is 3. The summed E-state index contributed by atoms with van der Waals surface area (Å²) in [6.07, 6.45) is 11.0. The average Bonchev–Trinajstić information content (AvgIpc) is 3.29. The molecule has 1 saturated carbocycles. The van der Waals surface area contributed by atoms with Crippen LogP contribution in [0.4, 0.5) is 0 Å². The van der Waals surface area contributed by atoms with E-state index in [9.17, 15) is 0 Å². The van der Waals surface area contributed by atoms with E-state index in [1.165, 1.54) is 51.4 Å². The molecule has 5 nitrogen and oxygen atoms in total. The highest BCUT2D eigenvalue weighted by Gasteiger charge is 2.24. The van der Waals surface area contributed by atoms with E-state index in [0.717, 1.165) is 44.7 Å². The Labute approximate surface area is 177 Å². The van der Waals surface area contributed by atoms with Crippen molar-refractivity contribution >= 4 is 29.9 Å². The Morgan fingerprint density at radius 1 is 1.12 bits per heavy atom. The van der Waals surface area contributed by atoms with Crippen molar-refractivity contribution in [3.63, 3.8) is 0 Å². The van der Waals surface area contributed by atoms with E-state index in [0.29, 0.717) is 19.1 Å². The summed E-state index contributed by atoms with van der Waals surface area (Å²) in [6, 6.07) is 0. The van der Waals surface area contributed by atoms with Crippen LogP contribution in [-0.4, -0.2) is 64.0 Å². The summed E-state index contributed by atoms with van der Waals surface area (Å²) in [5.41, 5.74) is 0. The zero-order valence-electron chi connectivity index (χ0n) is 16.9. The van der Waals surface area contributed by atoms with Gasteiger partial charge in [-0.15, -0.1) is 24.0 Å². The largest absolute Gasteiger partial charge is 0.382 e. The quantitative estimate of drug-likeness (QED) is 0.210. The number of guanidine groups is 1. The second-order valence-corrected chi connectivity index (χ2v) is 7.55. The summed E-state index contributed by atoms with van der Waals surface area (Å²) >= 11 is 0. The Balaban J connectivity index is 0.00000338. The zero-order chi connectivity index (χ0) is 17.7. The van der Waals surface area contributed by atoms with Gasteiger partial charge in [-0.2, -0.15) is 0 Å². The number of ether oxygens (including phenoxy) is 2. The second kappa shape index (κ2) is 14.9. The normalized spacial score (nSPS) is 21.2. The fraction of sp³-hybridized carbons (Fsp3) is 0.950. The first-order valence-electron chi connectivity index (χ1n) is 10.4. The summed E-state index contributed by atoms with van der Waals surface area (Å²) < 4.78 is 10.7. The third-order valence-corrected chi connectivity index (χ3v) is 5.46. The highest BCUT2D eigenvalue weighted by molar-refractivity contribution is 14.0. The summed E-state index contributed by atoms with van der Waals surface area (Å²) in [6.45, 7) is 8.40. The fourth-order valence-corrected chi connectivity index (χ4v) is 4.01. The molecule has 2 rings (SSSR count). The molecule has 0 aromatic carbocycles. The molecule has 2 aliphatic rings.